The van der Waals surface area contributed by atoms with Gasteiger partial charge in [-0.2, -0.15) is 4.98 Å². The van der Waals surface area contributed by atoms with Gasteiger partial charge in [-0.15, -0.1) is 0 Å². The summed E-state index contributed by atoms with van der Waals surface area (Å²) < 4.78 is 36.3. The molecule has 1 saturated heterocycles. The largest absolute Gasteiger partial charge is 0.355 e. The Bertz CT molecular complexity index is 840. The first kappa shape index (κ1) is 16.6. The summed E-state index contributed by atoms with van der Waals surface area (Å²) in [5, 5.41) is 3.04. The SMILES string of the molecule is Cc1cc(N(C)C2CCS(=O)(=O)C2)nc(Nc2ccc(F)cc2)n1. The van der Waals surface area contributed by atoms with Gasteiger partial charge in [-0.05, 0) is 37.6 Å². The van der Waals surface area contributed by atoms with Gasteiger partial charge in [-0.1, -0.05) is 0 Å². The van der Waals surface area contributed by atoms with E-state index in [0.717, 1.165) is 5.69 Å². The lowest BCUT2D eigenvalue weighted by molar-refractivity contribution is 0.600. The highest BCUT2D eigenvalue weighted by molar-refractivity contribution is 7.91. The third-order valence-electron chi connectivity index (χ3n) is 4.06. The molecular weight excluding hydrogens is 331 g/mol. The van der Waals surface area contributed by atoms with Crippen LogP contribution >= 0.6 is 0 Å². The highest BCUT2D eigenvalue weighted by Gasteiger charge is 2.31. The smallest absolute Gasteiger partial charge is 0.229 e. The highest BCUT2D eigenvalue weighted by atomic mass is 32.2. The van der Waals surface area contributed by atoms with Gasteiger partial charge >= 0.3 is 0 Å². The third kappa shape index (κ3) is 3.81. The van der Waals surface area contributed by atoms with Gasteiger partial charge in [0.15, 0.2) is 9.84 Å². The van der Waals surface area contributed by atoms with Gasteiger partial charge in [0.2, 0.25) is 5.95 Å². The van der Waals surface area contributed by atoms with E-state index in [2.05, 4.69) is 15.3 Å². The maximum Gasteiger partial charge on any atom is 0.229 e. The molecule has 0 saturated carbocycles. The molecule has 1 atom stereocenters. The van der Waals surface area contributed by atoms with E-state index in [4.69, 9.17) is 0 Å². The average Bonchev–Trinajstić information content (AvgIpc) is 2.88. The second kappa shape index (κ2) is 6.35. The van der Waals surface area contributed by atoms with Crippen LogP contribution in [0.3, 0.4) is 0 Å². The van der Waals surface area contributed by atoms with Gasteiger partial charge in [0.1, 0.15) is 11.6 Å². The van der Waals surface area contributed by atoms with Crippen LogP contribution in [0.5, 0.6) is 0 Å². The predicted molar refractivity (Wildman–Crippen MR) is 91.9 cm³/mol. The Morgan fingerprint density at radius 2 is 1.96 bits per heavy atom. The standard InChI is InChI=1S/C16H19FN4O2S/c1-11-9-15(21(2)14-7-8-24(22,23)10-14)20-16(18-11)19-13-5-3-12(17)4-6-13/h3-6,9,14H,7-8,10H2,1-2H3,(H,18,19,20). The molecular formula is C16H19FN4O2S. The van der Waals surface area contributed by atoms with Gasteiger partial charge in [-0.3, -0.25) is 0 Å². The van der Waals surface area contributed by atoms with Crippen molar-refractivity contribution in [3.05, 3.63) is 41.8 Å². The minimum atomic E-state index is -2.96. The van der Waals surface area contributed by atoms with Gasteiger partial charge < -0.3 is 10.2 Å². The van der Waals surface area contributed by atoms with E-state index in [9.17, 15) is 12.8 Å². The zero-order valence-electron chi connectivity index (χ0n) is 13.5. The summed E-state index contributed by atoms with van der Waals surface area (Å²) in [4.78, 5) is 10.7. The Kier molecular flexibility index (Phi) is 4.40. The van der Waals surface area contributed by atoms with E-state index in [1.165, 1.54) is 12.1 Å². The van der Waals surface area contributed by atoms with Crippen molar-refractivity contribution in [2.75, 3.05) is 28.8 Å². The van der Waals surface area contributed by atoms with Crippen LogP contribution in [0.15, 0.2) is 30.3 Å². The summed E-state index contributed by atoms with van der Waals surface area (Å²) in [5.74, 6) is 1.10. The van der Waals surface area contributed by atoms with Crippen molar-refractivity contribution in [1.29, 1.82) is 0 Å². The number of hydrogen-bond acceptors (Lipinski definition) is 6. The van der Waals surface area contributed by atoms with Crippen LogP contribution in [0.4, 0.5) is 21.8 Å². The number of sulfone groups is 1. The molecule has 1 unspecified atom stereocenters. The number of nitrogens with zero attached hydrogens (tertiary/aromatic N) is 3. The van der Waals surface area contributed by atoms with Crippen LogP contribution in [-0.2, 0) is 9.84 Å². The van der Waals surface area contributed by atoms with E-state index in [-0.39, 0.29) is 23.4 Å². The number of anilines is 3. The molecule has 3 rings (SSSR count). The molecule has 2 heterocycles. The predicted octanol–water partition coefficient (Wildman–Crippen LogP) is 2.29. The zero-order valence-corrected chi connectivity index (χ0v) is 14.3. The Labute approximate surface area is 140 Å². The lowest BCUT2D eigenvalue weighted by Gasteiger charge is -2.25. The van der Waals surface area contributed by atoms with Crippen molar-refractivity contribution in [3.63, 3.8) is 0 Å². The summed E-state index contributed by atoms with van der Waals surface area (Å²) in [6.45, 7) is 1.85. The van der Waals surface area contributed by atoms with Gasteiger partial charge in [0, 0.05) is 30.5 Å². The lowest BCUT2D eigenvalue weighted by atomic mass is 10.2. The molecule has 1 aliphatic rings. The molecule has 24 heavy (non-hydrogen) atoms. The Balaban J connectivity index is 1.82. The molecule has 8 heteroatoms. The van der Waals surface area contributed by atoms with E-state index >= 15 is 0 Å². The minimum absolute atomic E-state index is 0.0806. The van der Waals surface area contributed by atoms with Crippen LogP contribution in [-0.4, -0.2) is 43.0 Å². The van der Waals surface area contributed by atoms with Crippen LogP contribution in [0.1, 0.15) is 12.1 Å². The Morgan fingerprint density at radius 3 is 2.58 bits per heavy atom. The molecule has 1 aliphatic heterocycles. The van der Waals surface area contributed by atoms with Crippen LogP contribution < -0.4 is 10.2 Å². The van der Waals surface area contributed by atoms with Crippen molar-refractivity contribution in [2.45, 2.75) is 19.4 Å². The van der Waals surface area contributed by atoms with Crippen LogP contribution in [0, 0.1) is 12.7 Å². The number of aromatic nitrogens is 2. The Morgan fingerprint density at radius 1 is 1.25 bits per heavy atom. The molecule has 1 aromatic heterocycles. The van der Waals surface area contributed by atoms with Crippen molar-refractivity contribution in [2.24, 2.45) is 0 Å². The first-order valence-corrected chi connectivity index (χ1v) is 9.46. The van der Waals surface area contributed by atoms with E-state index in [1.807, 2.05) is 24.9 Å². The monoisotopic (exact) mass is 350 g/mol. The van der Waals surface area contributed by atoms with E-state index in [0.29, 0.717) is 23.9 Å². The summed E-state index contributed by atoms with van der Waals surface area (Å²) in [6.07, 6.45) is 0.600. The normalized spacial score (nSPS) is 19.2. The number of aryl methyl sites for hydroxylation is 1. The minimum Gasteiger partial charge on any atom is -0.355 e. The maximum atomic E-state index is 13.0. The van der Waals surface area contributed by atoms with Crippen molar-refractivity contribution < 1.29 is 12.8 Å². The molecule has 1 aromatic carbocycles. The van der Waals surface area contributed by atoms with Crippen LogP contribution in [0.2, 0.25) is 0 Å². The molecule has 0 spiro atoms. The molecule has 0 bridgehead atoms. The second-order valence-corrected chi connectivity index (χ2v) is 8.22. The first-order valence-electron chi connectivity index (χ1n) is 7.64. The number of nitrogens with one attached hydrogen (secondary N) is 1. The van der Waals surface area contributed by atoms with Crippen molar-refractivity contribution >= 4 is 27.3 Å². The van der Waals surface area contributed by atoms with Gasteiger partial charge in [0.05, 0.1) is 11.5 Å². The molecule has 0 aliphatic carbocycles. The quantitative estimate of drug-likeness (QED) is 0.912. The van der Waals surface area contributed by atoms with E-state index < -0.39 is 9.84 Å². The maximum absolute atomic E-state index is 13.0. The fourth-order valence-corrected chi connectivity index (χ4v) is 4.49. The summed E-state index contributed by atoms with van der Waals surface area (Å²) >= 11 is 0. The fourth-order valence-electron chi connectivity index (χ4n) is 2.72. The summed E-state index contributed by atoms with van der Waals surface area (Å²) in [6, 6.07) is 7.66. The lowest BCUT2D eigenvalue weighted by Crippen LogP contribution is -2.33. The van der Waals surface area contributed by atoms with Crippen molar-refractivity contribution in [1.82, 2.24) is 9.97 Å². The van der Waals surface area contributed by atoms with Gasteiger partial charge in [0.25, 0.3) is 0 Å². The summed E-state index contributed by atoms with van der Waals surface area (Å²) in [7, 11) is -1.12. The molecule has 1 fully saturated rings. The number of benzene rings is 1. The van der Waals surface area contributed by atoms with Gasteiger partial charge in [-0.25, -0.2) is 17.8 Å². The van der Waals surface area contributed by atoms with Crippen LogP contribution in [0.25, 0.3) is 0 Å². The zero-order chi connectivity index (χ0) is 17.3. The third-order valence-corrected chi connectivity index (χ3v) is 5.81. The summed E-state index contributed by atoms with van der Waals surface area (Å²) in [5.41, 5.74) is 1.44. The number of halogens is 1. The molecule has 128 valence electrons. The molecule has 2 aromatic rings. The fraction of sp³-hybridized carbons (Fsp3) is 0.375. The molecule has 1 N–H and O–H groups in total. The van der Waals surface area contributed by atoms with E-state index in [1.54, 1.807) is 12.1 Å². The van der Waals surface area contributed by atoms with Crippen molar-refractivity contribution in [3.8, 4) is 0 Å². The molecule has 0 radical (unpaired) electrons. The topological polar surface area (TPSA) is 75.2 Å². The number of rotatable bonds is 4. The number of hydrogen-bond donors (Lipinski definition) is 1. The molecule has 6 nitrogen and oxygen atoms in total. The molecule has 0 amide bonds. The first-order chi connectivity index (χ1) is 11.3. The average molecular weight is 350 g/mol. The second-order valence-electron chi connectivity index (χ2n) is 5.99. The Hall–Kier alpha value is -2.22. The highest BCUT2D eigenvalue weighted by Crippen LogP contribution is 2.23.